The summed E-state index contributed by atoms with van der Waals surface area (Å²) < 4.78 is 10.8. The van der Waals surface area contributed by atoms with E-state index in [9.17, 15) is 9.59 Å². The number of hydrogen-bond acceptors (Lipinski definition) is 5. The Kier molecular flexibility index (Phi) is 3.28. The number of rotatable bonds is 3. The average Bonchev–Trinajstić information content (AvgIpc) is 2.55. The number of benzene rings is 1. The molecule has 0 atom stereocenters. The van der Waals surface area contributed by atoms with Crippen molar-refractivity contribution in [2.24, 2.45) is 5.92 Å². The quantitative estimate of drug-likeness (QED) is 0.622. The minimum Gasteiger partial charge on any atom is -0.426 e. The SMILES string of the molecule is CC(C)CC(=O)Oc1ccc2oc(=O)sc2c1. The molecule has 0 N–H and O–H groups in total. The maximum absolute atomic E-state index is 11.5. The fourth-order valence-electron chi connectivity index (χ4n) is 1.42. The molecule has 0 saturated carbocycles. The Morgan fingerprint density at radius 3 is 2.94 bits per heavy atom. The van der Waals surface area contributed by atoms with Gasteiger partial charge in [-0.3, -0.25) is 4.79 Å². The Hall–Kier alpha value is -1.62. The molecule has 0 saturated heterocycles. The highest BCUT2D eigenvalue weighted by atomic mass is 32.1. The van der Waals surface area contributed by atoms with Gasteiger partial charge in [0.05, 0.1) is 4.70 Å². The van der Waals surface area contributed by atoms with E-state index >= 15 is 0 Å². The van der Waals surface area contributed by atoms with Crippen molar-refractivity contribution < 1.29 is 13.9 Å². The second kappa shape index (κ2) is 4.71. The van der Waals surface area contributed by atoms with Crippen LogP contribution < -0.4 is 9.68 Å². The summed E-state index contributed by atoms with van der Waals surface area (Å²) in [5.41, 5.74) is 0.517. The van der Waals surface area contributed by atoms with Crippen LogP contribution in [0.5, 0.6) is 5.75 Å². The zero-order chi connectivity index (χ0) is 12.4. The van der Waals surface area contributed by atoms with Crippen molar-refractivity contribution in [2.45, 2.75) is 20.3 Å². The third-order valence-corrected chi connectivity index (χ3v) is 2.90. The van der Waals surface area contributed by atoms with E-state index < -0.39 is 0 Å². The van der Waals surface area contributed by atoms with Gasteiger partial charge in [0, 0.05) is 12.5 Å². The van der Waals surface area contributed by atoms with Crippen LogP contribution in [-0.4, -0.2) is 5.97 Å². The van der Waals surface area contributed by atoms with Gasteiger partial charge in [0.25, 0.3) is 0 Å². The van der Waals surface area contributed by atoms with Crippen LogP contribution >= 0.6 is 11.3 Å². The van der Waals surface area contributed by atoms with Gasteiger partial charge in [0.15, 0.2) is 0 Å². The van der Waals surface area contributed by atoms with Crippen LogP contribution in [0.3, 0.4) is 0 Å². The molecule has 0 bridgehead atoms. The first-order valence-electron chi connectivity index (χ1n) is 5.29. The van der Waals surface area contributed by atoms with E-state index in [0.29, 0.717) is 22.5 Å². The van der Waals surface area contributed by atoms with E-state index in [1.165, 1.54) is 0 Å². The highest BCUT2D eigenvalue weighted by molar-refractivity contribution is 7.16. The fourth-order valence-corrected chi connectivity index (χ4v) is 2.12. The van der Waals surface area contributed by atoms with Gasteiger partial charge in [-0.05, 0) is 18.1 Å². The third kappa shape index (κ3) is 2.94. The maximum atomic E-state index is 11.5. The first-order valence-corrected chi connectivity index (χ1v) is 6.10. The van der Waals surface area contributed by atoms with Crippen molar-refractivity contribution in [3.63, 3.8) is 0 Å². The second-order valence-corrected chi connectivity index (χ2v) is 5.11. The zero-order valence-corrected chi connectivity index (χ0v) is 10.4. The van der Waals surface area contributed by atoms with E-state index in [0.717, 1.165) is 11.3 Å². The van der Waals surface area contributed by atoms with E-state index in [1.54, 1.807) is 18.2 Å². The van der Waals surface area contributed by atoms with Crippen molar-refractivity contribution in [3.8, 4) is 5.75 Å². The van der Waals surface area contributed by atoms with Crippen molar-refractivity contribution in [2.75, 3.05) is 0 Å². The number of fused-ring (bicyclic) bond motifs is 1. The van der Waals surface area contributed by atoms with Crippen LogP contribution in [0.25, 0.3) is 10.3 Å². The number of carbonyl (C=O) groups is 1. The zero-order valence-electron chi connectivity index (χ0n) is 9.56. The van der Waals surface area contributed by atoms with Crippen LogP contribution in [-0.2, 0) is 4.79 Å². The standard InChI is InChI=1S/C12H12O4S/c1-7(2)5-11(13)15-8-3-4-9-10(6-8)17-12(14)16-9/h3-4,6-7H,5H2,1-2H3. The molecule has 1 heterocycles. The van der Waals surface area contributed by atoms with Crippen LogP contribution in [0.1, 0.15) is 20.3 Å². The van der Waals surface area contributed by atoms with E-state index in [1.807, 2.05) is 13.8 Å². The summed E-state index contributed by atoms with van der Waals surface area (Å²) in [5, 5.41) is 0. The summed E-state index contributed by atoms with van der Waals surface area (Å²) in [6.07, 6.45) is 0.375. The molecule has 0 spiro atoms. The molecule has 90 valence electrons. The Morgan fingerprint density at radius 2 is 2.24 bits per heavy atom. The fraction of sp³-hybridized carbons (Fsp3) is 0.333. The third-order valence-electron chi connectivity index (χ3n) is 2.11. The summed E-state index contributed by atoms with van der Waals surface area (Å²) in [4.78, 5) is 22.1. The molecule has 0 radical (unpaired) electrons. The molecule has 0 aliphatic heterocycles. The van der Waals surface area contributed by atoms with E-state index in [4.69, 9.17) is 9.15 Å². The molecule has 17 heavy (non-hydrogen) atoms. The van der Waals surface area contributed by atoms with Gasteiger partial charge >= 0.3 is 10.9 Å². The Balaban J connectivity index is 2.19. The van der Waals surface area contributed by atoms with Crippen molar-refractivity contribution in [1.82, 2.24) is 0 Å². The van der Waals surface area contributed by atoms with Crippen LogP contribution in [0.4, 0.5) is 0 Å². The van der Waals surface area contributed by atoms with Gasteiger partial charge in [0.1, 0.15) is 11.3 Å². The Labute approximate surface area is 102 Å². The normalized spacial score (nSPS) is 11.0. The molecule has 2 aromatic rings. The van der Waals surface area contributed by atoms with Gasteiger partial charge in [-0.25, -0.2) is 4.79 Å². The molecule has 2 rings (SSSR count). The largest absolute Gasteiger partial charge is 0.426 e. The molecule has 1 aromatic carbocycles. The lowest BCUT2D eigenvalue weighted by Gasteiger charge is -2.05. The summed E-state index contributed by atoms with van der Waals surface area (Å²) in [6.45, 7) is 3.90. The lowest BCUT2D eigenvalue weighted by Crippen LogP contribution is -2.10. The number of carbonyl (C=O) groups excluding carboxylic acids is 1. The van der Waals surface area contributed by atoms with Crippen LogP contribution in [0.15, 0.2) is 27.4 Å². The van der Waals surface area contributed by atoms with E-state index in [2.05, 4.69) is 0 Å². The minimum absolute atomic E-state index is 0.260. The van der Waals surface area contributed by atoms with Gasteiger partial charge in [-0.15, -0.1) is 0 Å². The van der Waals surface area contributed by atoms with Crippen LogP contribution in [0.2, 0.25) is 0 Å². The maximum Gasteiger partial charge on any atom is 0.396 e. The molecule has 0 fully saturated rings. The molecule has 0 unspecified atom stereocenters. The smallest absolute Gasteiger partial charge is 0.396 e. The predicted octanol–water partition coefficient (Wildman–Crippen LogP) is 2.81. The molecule has 1 aromatic heterocycles. The molecule has 4 nitrogen and oxygen atoms in total. The molecule has 0 aliphatic carbocycles. The highest BCUT2D eigenvalue weighted by Crippen LogP contribution is 2.23. The minimum atomic E-state index is -0.356. The highest BCUT2D eigenvalue weighted by Gasteiger charge is 2.09. The average molecular weight is 252 g/mol. The molecular weight excluding hydrogens is 240 g/mol. The van der Waals surface area contributed by atoms with E-state index in [-0.39, 0.29) is 16.8 Å². The first kappa shape index (κ1) is 11.9. The topological polar surface area (TPSA) is 56.5 Å². The van der Waals surface area contributed by atoms with Crippen LogP contribution in [0, 0.1) is 5.92 Å². The molecule has 0 aliphatic rings. The summed E-state index contributed by atoms with van der Waals surface area (Å²) in [5.74, 6) is 0.437. The van der Waals surface area contributed by atoms with Gasteiger partial charge in [-0.2, -0.15) is 0 Å². The predicted molar refractivity (Wildman–Crippen MR) is 65.5 cm³/mol. The van der Waals surface area contributed by atoms with Gasteiger partial charge in [-0.1, -0.05) is 25.2 Å². The molecule has 5 heteroatoms. The summed E-state index contributed by atoms with van der Waals surface area (Å²) in [7, 11) is 0. The molecular formula is C12H12O4S. The number of hydrogen-bond donors (Lipinski definition) is 0. The lowest BCUT2D eigenvalue weighted by molar-refractivity contribution is -0.135. The summed E-state index contributed by atoms with van der Waals surface area (Å²) >= 11 is 0.994. The first-order chi connectivity index (χ1) is 8.04. The number of ether oxygens (including phenoxy) is 1. The summed E-state index contributed by atoms with van der Waals surface area (Å²) in [6, 6.07) is 4.89. The van der Waals surface area contributed by atoms with Gasteiger partial charge < -0.3 is 9.15 Å². The van der Waals surface area contributed by atoms with Crippen molar-refractivity contribution in [1.29, 1.82) is 0 Å². The Bertz CT molecular complexity index is 594. The van der Waals surface area contributed by atoms with Crippen molar-refractivity contribution >= 4 is 27.6 Å². The molecule has 0 amide bonds. The Morgan fingerprint density at radius 1 is 1.47 bits per heavy atom. The monoisotopic (exact) mass is 252 g/mol. The van der Waals surface area contributed by atoms with Crippen molar-refractivity contribution in [3.05, 3.63) is 27.9 Å². The second-order valence-electron chi connectivity index (χ2n) is 4.13. The lowest BCUT2D eigenvalue weighted by atomic mass is 10.1. The number of esters is 1. The van der Waals surface area contributed by atoms with Gasteiger partial charge in [0.2, 0.25) is 0 Å².